The summed E-state index contributed by atoms with van der Waals surface area (Å²) in [6.45, 7) is 4.49. The van der Waals surface area contributed by atoms with Gasteiger partial charge in [-0.2, -0.15) is 4.72 Å². The maximum absolute atomic E-state index is 14.1. The van der Waals surface area contributed by atoms with Gasteiger partial charge in [0, 0.05) is 42.0 Å². The van der Waals surface area contributed by atoms with Gasteiger partial charge in [0.1, 0.15) is 15.7 Å². The van der Waals surface area contributed by atoms with Crippen LogP contribution in [0.2, 0.25) is 5.02 Å². The van der Waals surface area contributed by atoms with Crippen molar-refractivity contribution in [1.29, 1.82) is 0 Å². The highest BCUT2D eigenvalue weighted by Crippen LogP contribution is 2.47. The van der Waals surface area contributed by atoms with Crippen LogP contribution in [-0.2, 0) is 26.5 Å². The SMILES string of the molecule is CCN(C)C(O)NS1(=O)=NC(=O)c2ccc3c(c2)N(C[C@@H]2CC[C@H]2[C@@H](OC)/C=C/CCC1)C[C@@]1(CCCc2cc(Cl)ccc21)CO3. The van der Waals surface area contributed by atoms with Gasteiger partial charge in [0.05, 0.1) is 18.4 Å². The Labute approximate surface area is 278 Å². The average Bonchev–Trinajstić information content (AvgIpc) is 3.18. The zero-order valence-corrected chi connectivity index (χ0v) is 28.7. The molecule has 6 rings (SSSR count). The summed E-state index contributed by atoms with van der Waals surface area (Å²) in [5.74, 6) is 1.07. The number of nitrogens with one attached hydrogen (secondary N) is 1. The number of fused-ring (bicyclic) bond motifs is 4. The van der Waals surface area contributed by atoms with E-state index >= 15 is 0 Å². The third-order valence-corrected chi connectivity index (χ3v) is 12.6. The zero-order chi connectivity index (χ0) is 32.5. The highest BCUT2D eigenvalue weighted by Gasteiger charge is 2.44. The van der Waals surface area contributed by atoms with E-state index in [0.29, 0.717) is 43.4 Å². The van der Waals surface area contributed by atoms with E-state index in [9.17, 15) is 14.1 Å². The highest BCUT2D eigenvalue weighted by atomic mass is 35.5. The molecule has 4 aliphatic rings. The van der Waals surface area contributed by atoms with Crippen LogP contribution in [-0.4, -0.2) is 78.7 Å². The second-order valence-corrected chi connectivity index (χ2v) is 15.9. The Morgan fingerprint density at radius 1 is 1.26 bits per heavy atom. The molecule has 0 saturated heterocycles. The van der Waals surface area contributed by atoms with E-state index in [-0.39, 0.29) is 17.3 Å². The van der Waals surface area contributed by atoms with Crippen molar-refractivity contribution in [2.24, 2.45) is 16.2 Å². The molecule has 46 heavy (non-hydrogen) atoms. The topological polar surface area (TPSA) is 104 Å². The molecule has 1 saturated carbocycles. The molecule has 1 spiro atoms. The van der Waals surface area contributed by atoms with Crippen LogP contribution in [0.4, 0.5) is 5.69 Å². The number of rotatable bonds is 5. The number of carbonyl (C=O) groups excluding carboxylic acids is 1. The fourth-order valence-electron chi connectivity index (χ4n) is 7.55. The molecular weight excluding hydrogens is 624 g/mol. The largest absolute Gasteiger partial charge is 0.490 e. The van der Waals surface area contributed by atoms with Gasteiger partial charge in [-0.15, -0.1) is 4.36 Å². The van der Waals surface area contributed by atoms with E-state index in [1.54, 1.807) is 25.1 Å². The van der Waals surface area contributed by atoms with Crippen molar-refractivity contribution < 1.29 is 23.6 Å². The first kappa shape index (κ1) is 33.4. The van der Waals surface area contributed by atoms with Crippen LogP contribution in [0.1, 0.15) is 66.9 Å². The smallest absolute Gasteiger partial charge is 0.286 e. The van der Waals surface area contributed by atoms with Gasteiger partial charge in [0.15, 0.2) is 6.35 Å². The van der Waals surface area contributed by atoms with Crippen molar-refractivity contribution >= 4 is 33.1 Å². The number of benzene rings is 2. The minimum absolute atomic E-state index is 0.0130. The van der Waals surface area contributed by atoms with Crippen LogP contribution in [0, 0.1) is 11.8 Å². The number of allylic oxidation sites excluding steroid dienone is 1. The summed E-state index contributed by atoms with van der Waals surface area (Å²) in [6, 6.07) is 11.7. The summed E-state index contributed by atoms with van der Waals surface area (Å²) < 4.78 is 33.7. The fourth-order valence-corrected chi connectivity index (χ4v) is 9.45. The molecule has 2 aromatic rings. The second kappa shape index (κ2) is 13.9. The Balaban J connectivity index is 1.42. The third kappa shape index (κ3) is 6.89. The minimum Gasteiger partial charge on any atom is -0.490 e. The predicted molar refractivity (Wildman–Crippen MR) is 183 cm³/mol. The number of halogens is 1. The van der Waals surface area contributed by atoms with E-state index in [1.165, 1.54) is 11.1 Å². The molecule has 2 aliphatic heterocycles. The van der Waals surface area contributed by atoms with Crippen LogP contribution < -0.4 is 14.4 Å². The molecular formula is C35H47ClN4O5S. The lowest BCUT2D eigenvalue weighted by molar-refractivity contribution is 0.0132. The van der Waals surface area contributed by atoms with Crippen LogP contribution in [0.15, 0.2) is 52.9 Å². The normalized spacial score (nSPS) is 31.1. The van der Waals surface area contributed by atoms with Crippen molar-refractivity contribution in [2.75, 3.05) is 51.1 Å². The number of methoxy groups -OCH3 is 1. The van der Waals surface area contributed by atoms with Crippen molar-refractivity contribution in [1.82, 2.24) is 9.62 Å². The van der Waals surface area contributed by atoms with Crippen LogP contribution >= 0.6 is 11.6 Å². The van der Waals surface area contributed by atoms with Crippen molar-refractivity contribution in [2.45, 2.75) is 69.7 Å². The number of ether oxygens (including phenoxy) is 2. The molecule has 9 nitrogen and oxygen atoms in total. The molecule has 250 valence electrons. The first-order chi connectivity index (χ1) is 22.1. The minimum atomic E-state index is -3.29. The predicted octanol–water partition coefficient (Wildman–Crippen LogP) is 5.54. The average molecular weight is 671 g/mol. The number of hydrogen-bond donors (Lipinski definition) is 2. The van der Waals surface area contributed by atoms with Crippen molar-refractivity contribution in [3.63, 3.8) is 0 Å². The molecule has 1 amide bonds. The van der Waals surface area contributed by atoms with Crippen LogP contribution in [0.25, 0.3) is 0 Å². The molecule has 6 atom stereocenters. The van der Waals surface area contributed by atoms with Gasteiger partial charge in [-0.3, -0.25) is 9.69 Å². The molecule has 0 aromatic heterocycles. The fraction of sp³-hybridized carbons (Fsp3) is 0.571. The molecule has 2 aromatic carbocycles. The highest BCUT2D eigenvalue weighted by molar-refractivity contribution is 7.92. The lowest BCUT2D eigenvalue weighted by atomic mass is 9.68. The maximum Gasteiger partial charge on any atom is 0.286 e. The Morgan fingerprint density at radius 3 is 2.87 bits per heavy atom. The number of hydrogen-bond acceptors (Lipinski definition) is 7. The molecule has 0 radical (unpaired) electrons. The number of aliphatic hydroxyl groups excluding tert-OH is 1. The summed E-state index contributed by atoms with van der Waals surface area (Å²) in [6.07, 6.45) is 9.44. The maximum atomic E-state index is 14.1. The molecule has 1 fully saturated rings. The standard InChI is InChI=1S/C35H47ClN4O5S/c1-4-39(2)34(42)38-46(43)18-7-5-6-10-31(44-3)28-14-11-26(28)21-40-22-35(17-8-9-24-19-27(36)13-15-29(24)35)23-45-32-16-12-25(20-30(32)40)33(41)37-46/h6,10,12-13,15-16,19-20,26,28,31,34,42H,4-5,7-9,11,14,17-18,21-23H2,1-3H3,(H,37,38,41,43)/b10-6+/t26-,28+,31-,34?,35-,46?/m0/s1. The Kier molecular flexibility index (Phi) is 10.1. The third-order valence-electron chi connectivity index (χ3n) is 10.5. The Morgan fingerprint density at radius 2 is 2.11 bits per heavy atom. The van der Waals surface area contributed by atoms with E-state index in [1.807, 2.05) is 25.1 Å². The summed E-state index contributed by atoms with van der Waals surface area (Å²) in [5, 5.41) is 11.4. The van der Waals surface area contributed by atoms with Crippen LogP contribution in [0.3, 0.4) is 0 Å². The van der Waals surface area contributed by atoms with Gasteiger partial charge >= 0.3 is 0 Å². The lowest BCUT2D eigenvalue weighted by Gasteiger charge is -2.46. The van der Waals surface area contributed by atoms with Crippen LogP contribution in [0.5, 0.6) is 5.75 Å². The van der Waals surface area contributed by atoms with E-state index in [0.717, 1.165) is 61.7 Å². The molecule has 2 heterocycles. The number of nitrogens with zero attached hydrogens (tertiary/aromatic N) is 3. The number of aliphatic hydroxyl groups is 1. The molecule has 2 aliphatic carbocycles. The van der Waals surface area contributed by atoms with Gasteiger partial charge < -0.3 is 19.5 Å². The quantitative estimate of drug-likeness (QED) is 0.318. The lowest BCUT2D eigenvalue weighted by Crippen LogP contribution is -2.49. The first-order valence-electron chi connectivity index (χ1n) is 16.6. The van der Waals surface area contributed by atoms with Gasteiger partial charge in [-0.1, -0.05) is 36.7 Å². The van der Waals surface area contributed by atoms with Crippen molar-refractivity contribution in [3.05, 3.63) is 70.3 Å². The molecule has 2 unspecified atom stereocenters. The van der Waals surface area contributed by atoms with Gasteiger partial charge in [-0.25, -0.2) is 4.21 Å². The second-order valence-electron chi connectivity index (χ2n) is 13.4. The van der Waals surface area contributed by atoms with E-state index < -0.39 is 22.2 Å². The number of anilines is 1. The monoisotopic (exact) mass is 670 g/mol. The molecule has 2 N–H and O–H groups in total. The Bertz CT molecular complexity index is 1590. The number of amides is 1. The molecule has 2 bridgehead atoms. The van der Waals surface area contributed by atoms with E-state index in [2.05, 4.69) is 38.3 Å². The number of aryl methyl sites for hydroxylation is 1. The summed E-state index contributed by atoms with van der Waals surface area (Å²) in [7, 11) is 0.203. The van der Waals surface area contributed by atoms with E-state index in [4.69, 9.17) is 21.1 Å². The van der Waals surface area contributed by atoms with Gasteiger partial charge in [-0.05, 0) is 112 Å². The summed E-state index contributed by atoms with van der Waals surface area (Å²) in [4.78, 5) is 17.8. The van der Waals surface area contributed by atoms with Crippen molar-refractivity contribution in [3.8, 4) is 5.75 Å². The summed E-state index contributed by atoms with van der Waals surface area (Å²) in [5.41, 5.74) is 3.54. The molecule has 11 heteroatoms. The Hall–Kier alpha value is -2.47. The first-order valence-corrected chi connectivity index (χ1v) is 18.6. The number of carbonyl (C=O) groups is 1. The zero-order valence-electron chi connectivity index (χ0n) is 27.1. The van der Waals surface area contributed by atoms with Gasteiger partial charge in [0.2, 0.25) is 0 Å². The summed E-state index contributed by atoms with van der Waals surface area (Å²) >= 11 is 6.44. The van der Waals surface area contributed by atoms with Gasteiger partial charge in [0.25, 0.3) is 5.91 Å².